The average Bonchev–Trinajstić information content (AvgIpc) is 3.29. The van der Waals surface area contributed by atoms with E-state index in [1.165, 1.54) is 11.8 Å². The van der Waals surface area contributed by atoms with Crippen LogP contribution in [0.2, 0.25) is 0 Å². The van der Waals surface area contributed by atoms with E-state index in [0.717, 1.165) is 16.4 Å². The molecule has 0 saturated carbocycles. The standard InChI is InChI=1S/C20H24N4O2S2/c1-13(18(25)21-20(2,3)4)28-19-23-22-17(16-11-8-12-27-16)24(19)14-9-6-7-10-15(14)26-5/h6-13H,1-5H3,(H,21,25). The summed E-state index contributed by atoms with van der Waals surface area (Å²) in [7, 11) is 1.64. The lowest BCUT2D eigenvalue weighted by Gasteiger charge is -2.23. The van der Waals surface area contributed by atoms with Gasteiger partial charge in [-0.25, -0.2) is 0 Å². The second-order valence-electron chi connectivity index (χ2n) is 7.29. The lowest BCUT2D eigenvalue weighted by Crippen LogP contribution is -2.44. The van der Waals surface area contributed by atoms with Crippen LogP contribution in [0, 0.1) is 0 Å². The summed E-state index contributed by atoms with van der Waals surface area (Å²) in [5, 5.41) is 14.1. The smallest absolute Gasteiger partial charge is 0.233 e. The van der Waals surface area contributed by atoms with Crippen molar-refractivity contribution in [3.8, 4) is 22.1 Å². The lowest BCUT2D eigenvalue weighted by atomic mass is 10.1. The Balaban J connectivity index is 2.02. The Morgan fingerprint density at radius 2 is 1.96 bits per heavy atom. The number of hydrogen-bond acceptors (Lipinski definition) is 6. The van der Waals surface area contributed by atoms with Crippen LogP contribution in [-0.2, 0) is 4.79 Å². The molecule has 1 aromatic carbocycles. The molecular weight excluding hydrogens is 392 g/mol. The van der Waals surface area contributed by atoms with Crippen LogP contribution in [0.4, 0.5) is 0 Å². The molecule has 0 saturated heterocycles. The van der Waals surface area contributed by atoms with Crippen LogP contribution in [0.3, 0.4) is 0 Å². The van der Waals surface area contributed by atoms with E-state index in [1.54, 1.807) is 18.4 Å². The SMILES string of the molecule is COc1ccccc1-n1c(SC(C)C(=O)NC(C)(C)C)nnc1-c1cccs1. The van der Waals surface area contributed by atoms with Gasteiger partial charge in [-0.2, -0.15) is 0 Å². The summed E-state index contributed by atoms with van der Waals surface area (Å²) in [6, 6.07) is 11.7. The monoisotopic (exact) mass is 416 g/mol. The highest BCUT2D eigenvalue weighted by Gasteiger charge is 2.25. The molecule has 0 aliphatic rings. The number of amides is 1. The molecule has 148 valence electrons. The summed E-state index contributed by atoms with van der Waals surface area (Å²) in [6.07, 6.45) is 0. The fourth-order valence-electron chi connectivity index (χ4n) is 2.63. The summed E-state index contributed by atoms with van der Waals surface area (Å²) in [5.41, 5.74) is 0.550. The second kappa shape index (κ2) is 8.36. The average molecular weight is 417 g/mol. The van der Waals surface area contributed by atoms with Crippen molar-refractivity contribution in [1.82, 2.24) is 20.1 Å². The van der Waals surface area contributed by atoms with Gasteiger partial charge in [0.25, 0.3) is 0 Å². The minimum Gasteiger partial charge on any atom is -0.495 e. The quantitative estimate of drug-likeness (QED) is 0.603. The highest BCUT2D eigenvalue weighted by Crippen LogP contribution is 2.35. The van der Waals surface area contributed by atoms with Gasteiger partial charge in [-0.3, -0.25) is 9.36 Å². The highest BCUT2D eigenvalue weighted by atomic mass is 32.2. The summed E-state index contributed by atoms with van der Waals surface area (Å²) in [6.45, 7) is 7.77. The van der Waals surface area contributed by atoms with Crippen molar-refractivity contribution in [3.05, 3.63) is 41.8 Å². The summed E-state index contributed by atoms with van der Waals surface area (Å²) >= 11 is 2.97. The third kappa shape index (κ3) is 4.56. The first-order chi connectivity index (χ1) is 13.3. The van der Waals surface area contributed by atoms with Crippen molar-refractivity contribution >= 4 is 29.0 Å². The largest absolute Gasteiger partial charge is 0.495 e. The van der Waals surface area contributed by atoms with Crippen LogP contribution in [-0.4, -0.2) is 38.6 Å². The first kappa shape index (κ1) is 20.4. The van der Waals surface area contributed by atoms with Crippen molar-refractivity contribution in [3.63, 3.8) is 0 Å². The number of nitrogens with one attached hydrogen (secondary N) is 1. The Morgan fingerprint density at radius 3 is 2.61 bits per heavy atom. The molecule has 8 heteroatoms. The number of carbonyl (C=O) groups is 1. The van der Waals surface area contributed by atoms with Gasteiger partial charge in [0.2, 0.25) is 5.91 Å². The number of benzene rings is 1. The Hall–Kier alpha value is -2.32. The lowest BCUT2D eigenvalue weighted by molar-refractivity contribution is -0.121. The van der Waals surface area contributed by atoms with Gasteiger partial charge in [0.15, 0.2) is 11.0 Å². The zero-order chi connectivity index (χ0) is 20.3. The molecule has 3 aromatic rings. The molecule has 0 aliphatic heterocycles. The van der Waals surface area contributed by atoms with Crippen LogP contribution >= 0.6 is 23.1 Å². The zero-order valence-corrected chi connectivity index (χ0v) is 18.2. The molecule has 1 atom stereocenters. The number of aromatic nitrogens is 3. The second-order valence-corrected chi connectivity index (χ2v) is 9.55. The minimum atomic E-state index is -0.326. The van der Waals surface area contributed by atoms with Crippen LogP contribution < -0.4 is 10.1 Å². The predicted octanol–water partition coefficient (Wildman–Crippen LogP) is 4.40. The molecule has 1 amide bonds. The Kier molecular flexibility index (Phi) is 6.10. The van der Waals surface area contributed by atoms with Gasteiger partial charge >= 0.3 is 0 Å². The number of rotatable bonds is 6. The number of thiophene rings is 1. The maximum absolute atomic E-state index is 12.6. The summed E-state index contributed by atoms with van der Waals surface area (Å²) < 4.78 is 7.51. The minimum absolute atomic E-state index is 0.0373. The van der Waals surface area contributed by atoms with E-state index in [2.05, 4.69) is 15.5 Å². The number of hydrogen-bond donors (Lipinski definition) is 1. The number of ether oxygens (including phenoxy) is 1. The molecule has 2 heterocycles. The molecule has 1 unspecified atom stereocenters. The van der Waals surface area contributed by atoms with E-state index >= 15 is 0 Å². The van der Waals surface area contributed by atoms with Gasteiger partial charge in [0.05, 0.1) is 22.9 Å². The molecule has 6 nitrogen and oxygen atoms in total. The summed E-state index contributed by atoms with van der Waals surface area (Å²) in [4.78, 5) is 13.6. The van der Waals surface area contributed by atoms with Gasteiger partial charge in [-0.1, -0.05) is 30.0 Å². The van der Waals surface area contributed by atoms with Crippen molar-refractivity contribution < 1.29 is 9.53 Å². The van der Waals surface area contributed by atoms with Crippen molar-refractivity contribution in [2.24, 2.45) is 0 Å². The van der Waals surface area contributed by atoms with E-state index in [0.29, 0.717) is 10.9 Å². The number of methoxy groups -OCH3 is 1. The molecule has 3 rings (SSSR count). The topological polar surface area (TPSA) is 69.0 Å². The molecule has 0 fully saturated rings. The Labute approximate surface area is 173 Å². The first-order valence-electron chi connectivity index (χ1n) is 8.91. The number of thioether (sulfide) groups is 1. The van der Waals surface area contributed by atoms with Crippen molar-refractivity contribution in [2.45, 2.75) is 43.6 Å². The third-order valence-corrected chi connectivity index (χ3v) is 5.76. The van der Waals surface area contributed by atoms with E-state index in [4.69, 9.17) is 4.74 Å². The van der Waals surface area contributed by atoms with E-state index in [1.807, 2.05) is 74.0 Å². The number of nitrogens with zero attached hydrogens (tertiary/aromatic N) is 3. The van der Waals surface area contributed by atoms with Crippen LogP contribution in [0.15, 0.2) is 46.9 Å². The zero-order valence-electron chi connectivity index (χ0n) is 16.6. The van der Waals surface area contributed by atoms with E-state index < -0.39 is 0 Å². The van der Waals surface area contributed by atoms with Crippen LogP contribution in [0.1, 0.15) is 27.7 Å². The van der Waals surface area contributed by atoms with Gasteiger partial charge < -0.3 is 10.1 Å². The fourth-order valence-corrected chi connectivity index (χ4v) is 4.18. The molecule has 28 heavy (non-hydrogen) atoms. The molecule has 0 aliphatic carbocycles. The third-order valence-electron chi connectivity index (χ3n) is 3.85. The van der Waals surface area contributed by atoms with E-state index in [-0.39, 0.29) is 16.7 Å². The first-order valence-corrected chi connectivity index (χ1v) is 10.7. The molecular formula is C20H24N4O2S2. The fraction of sp³-hybridized carbons (Fsp3) is 0.350. The molecule has 1 N–H and O–H groups in total. The maximum Gasteiger partial charge on any atom is 0.233 e. The highest BCUT2D eigenvalue weighted by molar-refractivity contribution is 8.00. The maximum atomic E-state index is 12.6. The number of para-hydroxylation sites is 2. The molecule has 0 radical (unpaired) electrons. The van der Waals surface area contributed by atoms with E-state index in [9.17, 15) is 4.79 Å². The predicted molar refractivity (Wildman–Crippen MR) is 114 cm³/mol. The van der Waals surface area contributed by atoms with Gasteiger partial charge in [-0.05, 0) is 51.3 Å². The number of carbonyl (C=O) groups excluding carboxylic acids is 1. The van der Waals surface area contributed by atoms with Crippen LogP contribution in [0.25, 0.3) is 16.4 Å². The van der Waals surface area contributed by atoms with Gasteiger partial charge in [0.1, 0.15) is 5.75 Å². The van der Waals surface area contributed by atoms with Crippen molar-refractivity contribution in [1.29, 1.82) is 0 Å². The molecule has 0 spiro atoms. The summed E-state index contributed by atoms with van der Waals surface area (Å²) in [5.74, 6) is 1.41. The van der Waals surface area contributed by atoms with Crippen LogP contribution in [0.5, 0.6) is 5.75 Å². The Bertz CT molecular complexity index is 946. The van der Waals surface area contributed by atoms with Crippen molar-refractivity contribution in [2.75, 3.05) is 7.11 Å². The normalized spacial score (nSPS) is 12.6. The molecule has 0 bridgehead atoms. The van der Waals surface area contributed by atoms with Gasteiger partial charge in [0, 0.05) is 5.54 Å². The Morgan fingerprint density at radius 1 is 1.21 bits per heavy atom. The molecule has 2 aromatic heterocycles. The van der Waals surface area contributed by atoms with Gasteiger partial charge in [-0.15, -0.1) is 21.5 Å².